The molecular formula is C5H16N2. The van der Waals surface area contributed by atoms with Gasteiger partial charge >= 0.3 is 0 Å². The lowest BCUT2D eigenvalue weighted by Crippen LogP contribution is -2.12. The van der Waals surface area contributed by atoms with Crippen molar-refractivity contribution in [2.75, 3.05) is 13.1 Å². The van der Waals surface area contributed by atoms with E-state index in [-0.39, 0.29) is 6.15 Å². The molecule has 0 aromatic carbocycles. The summed E-state index contributed by atoms with van der Waals surface area (Å²) in [6.07, 6.45) is 1.24. The number of rotatable bonds is 3. The van der Waals surface area contributed by atoms with Crippen LogP contribution in [0.5, 0.6) is 0 Å². The maximum atomic E-state index is 3.20. The molecule has 0 heterocycles. The highest BCUT2D eigenvalue weighted by atomic mass is 14.8. The summed E-state index contributed by atoms with van der Waals surface area (Å²) in [6, 6.07) is 0. The Morgan fingerprint density at radius 2 is 1.86 bits per heavy atom. The molecule has 0 aromatic rings. The number of hydrogen-bond donors (Lipinski definition) is 2. The van der Waals surface area contributed by atoms with Crippen LogP contribution in [0.3, 0.4) is 0 Å². The summed E-state index contributed by atoms with van der Waals surface area (Å²) in [6.45, 7) is 6.56. The second kappa shape index (κ2) is 9.33. The summed E-state index contributed by atoms with van der Waals surface area (Å²) >= 11 is 0. The van der Waals surface area contributed by atoms with E-state index in [2.05, 4.69) is 19.2 Å². The highest BCUT2D eigenvalue weighted by molar-refractivity contribution is 4.35. The van der Waals surface area contributed by atoms with Crippen molar-refractivity contribution in [2.24, 2.45) is 0 Å². The van der Waals surface area contributed by atoms with Gasteiger partial charge in [0.2, 0.25) is 0 Å². The molecule has 2 heteroatoms. The molecule has 0 spiro atoms. The fourth-order valence-electron chi connectivity index (χ4n) is 0.354. The van der Waals surface area contributed by atoms with Crippen LogP contribution in [-0.2, 0) is 0 Å². The molecule has 46 valence electrons. The Hall–Kier alpha value is -0.0800. The van der Waals surface area contributed by atoms with Crippen LogP contribution in [-0.4, -0.2) is 13.1 Å². The van der Waals surface area contributed by atoms with E-state index < -0.39 is 0 Å². The van der Waals surface area contributed by atoms with Crippen LogP contribution in [0.1, 0.15) is 20.3 Å². The zero-order valence-electron chi connectivity index (χ0n) is 5.33. The third-order valence-corrected chi connectivity index (χ3v) is 0.677. The first-order valence-electron chi connectivity index (χ1n) is 2.62. The van der Waals surface area contributed by atoms with Crippen LogP contribution >= 0.6 is 0 Å². The second-order valence-corrected chi connectivity index (χ2v) is 1.35. The molecule has 0 aliphatic heterocycles. The van der Waals surface area contributed by atoms with Gasteiger partial charge in [-0.15, -0.1) is 0 Å². The van der Waals surface area contributed by atoms with E-state index in [1.165, 1.54) is 6.42 Å². The van der Waals surface area contributed by atoms with Crippen molar-refractivity contribution < 1.29 is 0 Å². The summed E-state index contributed by atoms with van der Waals surface area (Å²) in [5.41, 5.74) is 0. The predicted molar refractivity (Wildman–Crippen MR) is 33.9 cm³/mol. The van der Waals surface area contributed by atoms with E-state index in [4.69, 9.17) is 0 Å². The topological polar surface area (TPSA) is 47.0 Å². The Labute approximate surface area is 45.9 Å². The van der Waals surface area contributed by atoms with Crippen LogP contribution in [0, 0.1) is 0 Å². The zero-order valence-corrected chi connectivity index (χ0v) is 5.33. The highest BCUT2D eigenvalue weighted by Gasteiger charge is 1.71. The molecule has 4 N–H and O–H groups in total. The van der Waals surface area contributed by atoms with Crippen molar-refractivity contribution in [1.29, 1.82) is 0 Å². The molecule has 0 aromatic heterocycles. The molecular weight excluding hydrogens is 88.1 g/mol. The predicted octanol–water partition coefficient (Wildman–Crippen LogP) is 1.17. The first-order chi connectivity index (χ1) is 2.91. The van der Waals surface area contributed by atoms with Crippen LogP contribution in [0.4, 0.5) is 0 Å². The fourth-order valence-corrected chi connectivity index (χ4v) is 0.354. The largest absolute Gasteiger partial charge is 0.344 e. The molecule has 0 atom stereocenters. The third-order valence-electron chi connectivity index (χ3n) is 0.677. The van der Waals surface area contributed by atoms with Crippen molar-refractivity contribution in [1.82, 2.24) is 11.5 Å². The van der Waals surface area contributed by atoms with Crippen molar-refractivity contribution in [3.05, 3.63) is 0 Å². The molecule has 0 aliphatic rings. The average molecular weight is 104 g/mol. The van der Waals surface area contributed by atoms with E-state index in [9.17, 15) is 0 Å². The van der Waals surface area contributed by atoms with Gasteiger partial charge < -0.3 is 11.5 Å². The summed E-state index contributed by atoms with van der Waals surface area (Å²) in [5.74, 6) is 0. The number of nitrogens with one attached hydrogen (secondary N) is 1. The molecule has 0 saturated carbocycles. The Bertz CT molecular complexity index is 18.0. The molecule has 0 unspecified atom stereocenters. The molecule has 0 aliphatic carbocycles. The number of hydrogen-bond acceptors (Lipinski definition) is 2. The van der Waals surface area contributed by atoms with E-state index in [1.54, 1.807) is 0 Å². The molecule has 0 amide bonds. The average Bonchev–Trinajstić information content (AvgIpc) is 1.61. The minimum atomic E-state index is 0. The van der Waals surface area contributed by atoms with Crippen LogP contribution in [0.15, 0.2) is 0 Å². The molecule has 0 fully saturated rings. The minimum absolute atomic E-state index is 0. The van der Waals surface area contributed by atoms with Crippen LogP contribution in [0.2, 0.25) is 0 Å². The standard InChI is InChI=1S/C5H13N.H3N/c1-3-5-6-4-2;/h6H,3-5H2,1-2H3;1H3. The minimum Gasteiger partial charge on any atom is -0.344 e. The summed E-state index contributed by atoms with van der Waals surface area (Å²) < 4.78 is 0. The maximum Gasteiger partial charge on any atom is -0.00517 e. The molecule has 0 saturated heterocycles. The second-order valence-electron chi connectivity index (χ2n) is 1.35. The van der Waals surface area contributed by atoms with Gasteiger partial charge in [-0.25, -0.2) is 0 Å². The Kier molecular flexibility index (Phi) is 13.3. The lowest BCUT2D eigenvalue weighted by molar-refractivity contribution is 0.703. The van der Waals surface area contributed by atoms with Gasteiger partial charge in [-0.05, 0) is 19.5 Å². The van der Waals surface area contributed by atoms with Crippen molar-refractivity contribution in [3.8, 4) is 0 Å². The Morgan fingerprint density at radius 3 is 2.00 bits per heavy atom. The summed E-state index contributed by atoms with van der Waals surface area (Å²) in [4.78, 5) is 0. The molecule has 0 bridgehead atoms. The van der Waals surface area contributed by atoms with Gasteiger partial charge in [0, 0.05) is 0 Å². The quantitative estimate of drug-likeness (QED) is 0.528. The molecule has 0 radical (unpaired) electrons. The van der Waals surface area contributed by atoms with Gasteiger partial charge in [0.15, 0.2) is 0 Å². The Morgan fingerprint density at radius 1 is 1.29 bits per heavy atom. The highest BCUT2D eigenvalue weighted by Crippen LogP contribution is 1.65. The smallest absolute Gasteiger partial charge is 0.00517 e. The van der Waals surface area contributed by atoms with E-state index in [1.807, 2.05) is 0 Å². The zero-order chi connectivity index (χ0) is 4.83. The van der Waals surface area contributed by atoms with E-state index in [0.717, 1.165) is 13.1 Å². The Balaban J connectivity index is 0. The lowest BCUT2D eigenvalue weighted by atomic mass is 10.5. The van der Waals surface area contributed by atoms with Gasteiger partial charge in [0.25, 0.3) is 0 Å². The van der Waals surface area contributed by atoms with Gasteiger partial charge in [0.1, 0.15) is 0 Å². The van der Waals surface area contributed by atoms with Gasteiger partial charge in [-0.3, -0.25) is 0 Å². The lowest BCUT2D eigenvalue weighted by Gasteiger charge is -1.91. The summed E-state index contributed by atoms with van der Waals surface area (Å²) in [5, 5.41) is 3.20. The SMILES string of the molecule is CCCNCC.N. The maximum absolute atomic E-state index is 3.20. The first kappa shape index (κ1) is 10.0. The summed E-state index contributed by atoms with van der Waals surface area (Å²) in [7, 11) is 0. The third kappa shape index (κ3) is 10.7. The van der Waals surface area contributed by atoms with Gasteiger partial charge in [-0.2, -0.15) is 0 Å². The van der Waals surface area contributed by atoms with Crippen LogP contribution in [0.25, 0.3) is 0 Å². The van der Waals surface area contributed by atoms with E-state index >= 15 is 0 Å². The monoisotopic (exact) mass is 104 g/mol. The first-order valence-corrected chi connectivity index (χ1v) is 2.62. The van der Waals surface area contributed by atoms with Gasteiger partial charge in [-0.1, -0.05) is 13.8 Å². The van der Waals surface area contributed by atoms with Crippen molar-refractivity contribution >= 4 is 0 Å². The van der Waals surface area contributed by atoms with Crippen molar-refractivity contribution in [3.63, 3.8) is 0 Å². The van der Waals surface area contributed by atoms with Gasteiger partial charge in [0.05, 0.1) is 0 Å². The van der Waals surface area contributed by atoms with Crippen LogP contribution < -0.4 is 11.5 Å². The van der Waals surface area contributed by atoms with E-state index in [0.29, 0.717) is 0 Å². The normalized spacial score (nSPS) is 7.71. The molecule has 0 rings (SSSR count). The fraction of sp³-hybridized carbons (Fsp3) is 1.00. The molecule has 2 nitrogen and oxygen atoms in total. The van der Waals surface area contributed by atoms with Crippen molar-refractivity contribution in [2.45, 2.75) is 20.3 Å². The molecule has 7 heavy (non-hydrogen) atoms.